The number of methoxy groups -OCH3 is 2. The third-order valence-corrected chi connectivity index (χ3v) is 8.02. The van der Waals surface area contributed by atoms with Gasteiger partial charge in [-0.1, -0.05) is 68.4 Å². The quantitative estimate of drug-likeness (QED) is 0.300. The molecule has 0 unspecified atom stereocenters. The lowest BCUT2D eigenvalue weighted by Gasteiger charge is -2.34. The number of nitrogens with zero attached hydrogens (tertiary/aromatic N) is 2. The van der Waals surface area contributed by atoms with Crippen molar-refractivity contribution in [2.45, 2.75) is 39.8 Å². The van der Waals surface area contributed by atoms with Crippen LogP contribution in [0.2, 0.25) is 0 Å². The van der Waals surface area contributed by atoms with Crippen LogP contribution in [0.4, 0.5) is 5.69 Å². The number of anilines is 1. The van der Waals surface area contributed by atoms with Crippen LogP contribution in [-0.4, -0.2) is 64.7 Å². The van der Waals surface area contributed by atoms with Crippen LogP contribution < -0.4 is 19.1 Å². The molecule has 42 heavy (non-hydrogen) atoms. The summed E-state index contributed by atoms with van der Waals surface area (Å²) in [6, 6.07) is 20.9. The molecule has 1 atom stereocenters. The van der Waals surface area contributed by atoms with E-state index in [-0.39, 0.29) is 36.2 Å². The minimum absolute atomic E-state index is 0.120. The molecule has 0 radical (unpaired) electrons. The van der Waals surface area contributed by atoms with Crippen molar-refractivity contribution in [3.63, 3.8) is 0 Å². The maximum absolute atomic E-state index is 14.3. The number of hydrogen-bond donors (Lipinski definition) is 1. The standard InChI is InChI=1S/C32H41N3O6S/c1-23(2)20-33-32(37)29(18-25-13-8-7-9-14-25)34(21-26-15-11-10-12-24(26)3)31(36)22-35(42(6,38)39)28-17-16-27(40-4)19-30(28)41-5/h7-17,19,23,29H,18,20-22H2,1-6H3,(H,33,37)/t29-/m0/s1. The summed E-state index contributed by atoms with van der Waals surface area (Å²) in [6.45, 7) is 5.96. The second-order valence-corrected chi connectivity index (χ2v) is 12.5. The number of aryl methyl sites for hydroxylation is 1. The fraction of sp³-hybridized carbons (Fsp3) is 0.375. The number of benzene rings is 3. The van der Waals surface area contributed by atoms with E-state index in [9.17, 15) is 18.0 Å². The number of sulfonamides is 1. The molecule has 0 aliphatic heterocycles. The van der Waals surface area contributed by atoms with Gasteiger partial charge in [0.05, 0.1) is 26.2 Å². The third kappa shape index (κ3) is 8.72. The summed E-state index contributed by atoms with van der Waals surface area (Å²) in [6.07, 6.45) is 1.29. The highest BCUT2D eigenvalue weighted by Crippen LogP contribution is 2.34. The van der Waals surface area contributed by atoms with Crippen molar-refractivity contribution in [1.29, 1.82) is 0 Å². The van der Waals surface area contributed by atoms with Crippen molar-refractivity contribution in [3.8, 4) is 11.5 Å². The maximum Gasteiger partial charge on any atom is 0.244 e. The molecule has 3 aromatic rings. The van der Waals surface area contributed by atoms with Crippen LogP contribution in [0.25, 0.3) is 0 Å². The van der Waals surface area contributed by atoms with Crippen molar-refractivity contribution in [3.05, 3.63) is 89.5 Å². The molecule has 0 fully saturated rings. The van der Waals surface area contributed by atoms with E-state index in [0.717, 1.165) is 27.3 Å². The summed E-state index contributed by atoms with van der Waals surface area (Å²) in [5.41, 5.74) is 2.87. The molecule has 3 rings (SSSR count). The molecule has 0 bridgehead atoms. The molecule has 0 heterocycles. The summed E-state index contributed by atoms with van der Waals surface area (Å²) in [5, 5.41) is 2.99. The fourth-order valence-corrected chi connectivity index (χ4v) is 5.39. The zero-order valence-electron chi connectivity index (χ0n) is 25.2. The Morgan fingerprint density at radius 1 is 0.929 bits per heavy atom. The summed E-state index contributed by atoms with van der Waals surface area (Å²) in [4.78, 5) is 29.5. The first kappa shape index (κ1) is 32.5. The molecule has 2 amide bonds. The van der Waals surface area contributed by atoms with E-state index in [1.807, 2.05) is 75.4 Å². The van der Waals surface area contributed by atoms with Gasteiger partial charge in [-0.15, -0.1) is 0 Å². The predicted octanol–water partition coefficient (Wildman–Crippen LogP) is 4.19. The lowest BCUT2D eigenvalue weighted by atomic mass is 10.0. The number of amides is 2. The molecule has 9 nitrogen and oxygen atoms in total. The van der Waals surface area contributed by atoms with E-state index in [1.165, 1.54) is 25.2 Å². The first-order chi connectivity index (χ1) is 19.9. The van der Waals surface area contributed by atoms with Crippen LogP contribution in [0.3, 0.4) is 0 Å². The Hall–Kier alpha value is -4.05. The van der Waals surface area contributed by atoms with Crippen LogP contribution in [0, 0.1) is 12.8 Å². The third-order valence-electron chi connectivity index (χ3n) is 6.89. The highest BCUT2D eigenvalue weighted by molar-refractivity contribution is 7.92. The zero-order chi connectivity index (χ0) is 30.9. The number of nitrogens with one attached hydrogen (secondary N) is 1. The average molecular weight is 596 g/mol. The molecule has 1 N–H and O–H groups in total. The van der Waals surface area contributed by atoms with Gasteiger partial charge in [-0.25, -0.2) is 8.42 Å². The second kappa shape index (κ2) is 14.7. The predicted molar refractivity (Wildman–Crippen MR) is 165 cm³/mol. The highest BCUT2D eigenvalue weighted by Gasteiger charge is 2.34. The van der Waals surface area contributed by atoms with E-state index < -0.39 is 28.5 Å². The van der Waals surface area contributed by atoms with Gasteiger partial charge in [0.1, 0.15) is 24.1 Å². The minimum Gasteiger partial charge on any atom is -0.497 e. The SMILES string of the molecule is COc1ccc(N(CC(=O)N(Cc2ccccc2C)[C@@H](Cc2ccccc2)C(=O)NCC(C)C)S(C)(=O)=O)c(OC)c1. The van der Waals surface area contributed by atoms with Crippen LogP contribution in [-0.2, 0) is 32.6 Å². The Morgan fingerprint density at radius 2 is 1.60 bits per heavy atom. The van der Waals surface area contributed by atoms with Crippen molar-refractivity contribution >= 4 is 27.5 Å². The van der Waals surface area contributed by atoms with Crippen LogP contribution in [0.5, 0.6) is 11.5 Å². The Labute approximate surface area is 249 Å². The average Bonchev–Trinajstić information content (AvgIpc) is 2.96. The number of carbonyl (C=O) groups is 2. The fourth-order valence-electron chi connectivity index (χ4n) is 4.53. The molecule has 10 heteroatoms. The molecule has 0 saturated heterocycles. The summed E-state index contributed by atoms with van der Waals surface area (Å²) < 4.78 is 37.9. The number of carbonyl (C=O) groups excluding carboxylic acids is 2. The van der Waals surface area contributed by atoms with Crippen molar-refractivity contribution in [2.75, 3.05) is 37.9 Å². The van der Waals surface area contributed by atoms with Crippen LogP contribution >= 0.6 is 0 Å². The Kier molecular flexibility index (Phi) is 11.4. The maximum atomic E-state index is 14.3. The largest absolute Gasteiger partial charge is 0.497 e. The van der Waals surface area contributed by atoms with Gasteiger partial charge in [-0.2, -0.15) is 0 Å². The van der Waals surface area contributed by atoms with E-state index in [2.05, 4.69) is 5.32 Å². The zero-order valence-corrected chi connectivity index (χ0v) is 26.0. The number of ether oxygens (including phenoxy) is 2. The Balaban J connectivity index is 2.10. The van der Waals surface area contributed by atoms with Gasteiger partial charge < -0.3 is 19.7 Å². The monoisotopic (exact) mass is 595 g/mol. The lowest BCUT2D eigenvalue weighted by Crippen LogP contribution is -2.53. The van der Waals surface area contributed by atoms with E-state index in [0.29, 0.717) is 12.3 Å². The van der Waals surface area contributed by atoms with Crippen molar-refractivity contribution < 1.29 is 27.5 Å². The van der Waals surface area contributed by atoms with Crippen LogP contribution in [0.1, 0.15) is 30.5 Å². The summed E-state index contributed by atoms with van der Waals surface area (Å²) >= 11 is 0. The molecule has 226 valence electrons. The smallest absolute Gasteiger partial charge is 0.244 e. The van der Waals surface area contributed by atoms with Gasteiger partial charge in [0, 0.05) is 25.6 Å². The van der Waals surface area contributed by atoms with Gasteiger partial charge in [0.25, 0.3) is 0 Å². The first-order valence-corrected chi connectivity index (χ1v) is 15.6. The molecule has 0 spiro atoms. The molecule has 3 aromatic carbocycles. The molecule has 0 aromatic heterocycles. The van der Waals surface area contributed by atoms with E-state index in [4.69, 9.17) is 9.47 Å². The summed E-state index contributed by atoms with van der Waals surface area (Å²) in [5.74, 6) is 0.0783. The Bertz CT molecular complexity index is 1460. The highest BCUT2D eigenvalue weighted by atomic mass is 32.2. The van der Waals surface area contributed by atoms with Crippen molar-refractivity contribution in [2.24, 2.45) is 5.92 Å². The van der Waals surface area contributed by atoms with Crippen molar-refractivity contribution in [1.82, 2.24) is 10.2 Å². The van der Waals surface area contributed by atoms with Gasteiger partial charge >= 0.3 is 0 Å². The minimum atomic E-state index is -3.94. The molecule has 0 aliphatic rings. The number of hydrogen-bond acceptors (Lipinski definition) is 6. The van der Waals surface area contributed by atoms with Gasteiger partial charge in [0.2, 0.25) is 21.8 Å². The number of rotatable bonds is 14. The summed E-state index contributed by atoms with van der Waals surface area (Å²) in [7, 11) is -1.03. The van der Waals surface area contributed by atoms with E-state index in [1.54, 1.807) is 12.1 Å². The van der Waals surface area contributed by atoms with E-state index >= 15 is 0 Å². The molecule has 0 aliphatic carbocycles. The van der Waals surface area contributed by atoms with Gasteiger partial charge in [-0.05, 0) is 41.7 Å². The molecular formula is C32H41N3O6S. The molecular weight excluding hydrogens is 554 g/mol. The van der Waals surface area contributed by atoms with Crippen LogP contribution in [0.15, 0.2) is 72.8 Å². The normalized spacial score (nSPS) is 12.0. The topological polar surface area (TPSA) is 105 Å². The Morgan fingerprint density at radius 3 is 2.19 bits per heavy atom. The van der Waals surface area contributed by atoms with Gasteiger partial charge in [-0.3, -0.25) is 13.9 Å². The van der Waals surface area contributed by atoms with Gasteiger partial charge in [0.15, 0.2) is 0 Å². The second-order valence-electron chi connectivity index (χ2n) is 10.6. The lowest BCUT2D eigenvalue weighted by molar-refractivity contribution is -0.140. The first-order valence-electron chi connectivity index (χ1n) is 13.8. The molecule has 0 saturated carbocycles.